The molecule has 2 aliphatic rings. The van der Waals surface area contributed by atoms with Crippen LogP contribution < -0.4 is 5.73 Å². The van der Waals surface area contributed by atoms with Crippen molar-refractivity contribution in [3.05, 3.63) is 0 Å². The summed E-state index contributed by atoms with van der Waals surface area (Å²) in [7, 11) is -3.19. The smallest absolute Gasteiger partial charge is 0.282 e. The van der Waals surface area contributed by atoms with Gasteiger partial charge in [0.05, 0.1) is 0 Å². The molecule has 0 radical (unpaired) electrons. The molecule has 2 N–H and O–H groups in total. The minimum Gasteiger partial charge on any atom is -0.330 e. The molecule has 2 saturated heterocycles. The molecule has 0 aromatic carbocycles. The molecular formula is C11H23N3O2S. The van der Waals surface area contributed by atoms with Gasteiger partial charge in [-0.05, 0) is 45.1 Å². The first-order valence-corrected chi connectivity index (χ1v) is 8.03. The first-order valence-electron chi connectivity index (χ1n) is 6.63. The SMILES string of the molecule is NCCCC1CCCN1S(=O)(=O)N1CCCC1. The minimum atomic E-state index is -3.19. The Labute approximate surface area is 104 Å². The Kier molecular flexibility index (Phi) is 4.41. The van der Waals surface area contributed by atoms with Gasteiger partial charge < -0.3 is 5.73 Å². The second-order valence-electron chi connectivity index (χ2n) is 4.95. The summed E-state index contributed by atoms with van der Waals surface area (Å²) in [5.74, 6) is 0. The zero-order chi connectivity index (χ0) is 12.3. The fraction of sp³-hybridized carbons (Fsp3) is 1.00. The average Bonchev–Trinajstić information content (AvgIpc) is 2.97. The van der Waals surface area contributed by atoms with Crippen LogP contribution in [0.25, 0.3) is 0 Å². The van der Waals surface area contributed by atoms with Crippen LogP contribution in [0, 0.1) is 0 Å². The van der Waals surface area contributed by atoms with Crippen LogP contribution in [0.4, 0.5) is 0 Å². The van der Waals surface area contributed by atoms with Gasteiger partial charge in [0, 0.05) is 25.7 Å². The fourth-order valence-electron chi connectivity index (χ4n) is 2.82. The summed E-state index contributed by atoms with van der Waals surface area (Å²) >= 11 is 0. The standard InChI is InChI=1S/C11H23N3O2S/c12-7-3-5-11-6-4-10-14(11)17(15,16)13-8-1-2-9-13/h11H,1-10,12H2. The maximum atomic E-state index is 12.4. The molecule has 100 valence electrons. The van der Waals surface area contributed by atoms with Crippen LogP contribution in [0.5, 0.6) is 0 Å². The van der Waals surface area contributed by atoms with Gasteiger partial charge in [-0.1, -0.05) is 0 Å². The Morgan fingerprint density at radius 1 is 1.12 bits per heavy atom. The van der Waals surface area contributed by atoms with Gasteiger partial charge in [-0.25, -0.2) is 0 Å². The van der Waals surface area contributed by atoms with Crippen LogP contribution in [-0.4, -0.2) is 49.2 Å². The van der Waals surface area contributed by atoms with Crippen LogP contribution in [0.15, 0.2) is 0 Å². The third-order valence-electron chi connectivity index (χ3n) is 3.75. The minimum absolute atomic E-state index is 0.184. The quantitative estimate of drug-likeness (QED) is 0.785. The van der Waals surface area contributed by atoms with E-state index in [-0.39, 0.29) is 6.04 Å². The summed E-state index contributed by atoms with van der Waals surface area (Å²) in [6.45, 7) is 2.73. The molecule has 17 heavy (non-hydrogen) atoms. The van der Waals surface area contributed by atoms with Crippen molar-refractivity contribution in [3.8, 4) is 0 Å². The second-order valence-corrected chi connectivity index (χ2v) is 6.83. The van der Waals surface area contributed by atoms with Gasteiger partial charge >= 0.3 is 0 Å². The van der Waals surface area contributed by atoms with E-state index in [9.17, 15) is 8.42 Å². The van der Waals surface area contributed by atoms with E-state index in [0.717, 1.165) is 38.5 Å². The van der Waals surface area contributed by atoms with Crippen molar-refractivity contribution in [2.45, 2.75) is 44.6 Å². The number of hydrogen-bond acceptors (Lipinski definition) is 3. The van der Waals surface area contributed by atoms with Crippen LogP contribution in [0.1, 0.15) is 38.5 Å². The molecule has 6 heteroatoms. The molecule has 1 atom stereocenters. The topological polar surface area (TPSA) is 66.6 Å². The molecule has 0 aromatic rings. The third kappa shape index (κ3) is 2.81. The lowest BCUT2D eigenvalue weighted by Crippen LogP contribution is -2.44. The Morgan fingerprint density at radius 3 is 2.47 bits per heavy atom. The largest absolute Gasteiger partial charge is 0.330 e. The highest BCUT2D eigenvalue weighted by molar-refractivity contribution is 7.86. The van der Waals surface area contributed by atoms with E-state index >= 15 is 0 Å². The molecule has 0 aromatic heterocycles. The summed E-state index contributed by atoms with van der Waals surface area (Å²) in [6.07, 6.45) is 5.80. The van der Waals surface area contributed by atoms with Crippen LogP contribution in [0.2, 0.25) is 0 Å². The predicted octanol–water partition coefficient (Wildman–Crippen LogP) is 0.530. The molecule has 5 nitrogen and oxygen atoms in total. The fourth-order valence-corrected chi connectivity index (χ4v) is 4.79. The molecule has 2 aliphatic heterocycles. The van der Waals surface area contributed by atoms with E-state index in [0.29, 0.717) is 26.2 Å². The molecule has 2 fully saturated rings. The van der Waals surface area contributed by atoms with Gasteiger partial charge in [0.25, 0.3) is 10.2 Å². The molecule has 0 spiro atoms. The molecule has 0 saturated carbocycles. The maximum absolute atomic E-state index is 12.4. The Hall–Kier alpha value is -0.170. The lowest BCUT2D eigenvalue weighted by molar-refractivity contribution is 0.330. The monoisotopic (exact) mass is 261 g/mol. The Bertz CT molecular complexity index is 339. The number of rotatable bonds is 5. The van der Waals surface area contributed by atoms with Gasteiger partial charge in [0.2, 0.25) is 0 Å². The summed E-state index contributed by atoms with van der Waals surface area (Å²) in [5, 5.41) is 0. The van der Waals surface area contributed by atoms with Crippen molar-refractivity contribution >= 4 is 10.2 Å². The number of nitrogens with zero attached hydrogens (tertiary/aromatic N) is 2. The van der Waals surface area contributed by atoms with E-state index in [2.05, 4.69) is 0 Å². The second kappa shape index (κ2) is 5.65. The van der Waals surface area contributed by atoms with Crippen molar-refractivity contribution in [3.63, 3.8) is 0 Å². The zero-order valence-corrected chi connectivity index (χ0v) is 11.2. The van der Waals surface area contributed by atoms with Gasteiger partial charge in [0.15, 0.2) is 0 Å². The molecule has 0 amide bonds. The van der Waals surface area contributed by atoms with Crippen LogP contribution in [-0.2, 0) is 10.2 Å². The predicted molar refractivity (Wildman–Crippen MR) is 67.7 cm³/mol. The number of hydrogen-bond donors (Lipinski definition) is 1. The van der Waals surface area contributed by atoms with Crippen molar-refractivity contribution in [2.75, 3.05) is 26.2 Å². The highest BCUT2D eigenvalue weighted by atomic mass is 32.2. The highest BCUT2D eigenvalue weighted by Crippen LogP contribution is 2.27. The van der Waals surface area contributed by atoms with E-state index in [1.165, 1.54) is 0 Å². The van der Waals surface area contributed by atoms with Gasteiger partial charge in [-0.15, -0.1) is 0 Å². The molecule has 1 unspecified atom stereocenters. The molecule has 2 rings (SSSR count). The lowest BCUT2D eigenvalue weighted by atomic mass is 10.1. The van der Waals surface area contributed by atoms with Crippen molar-refractivity contribution in [1.29, 1.82) is 0 Å². The van der Waals surface area contributed by atoms with Crippen LogP contribution in [0.3, 0.4) is 0 Å². The van der Waals surface area contributed by atoms with Crippen LogP contribution >= 0.6 is 0 Å². The molecular weight excluding hydrogens is 238 g/mol. The van der Waals surface area contributed by atoms with E-state index in [4.69, 9.17) is 5.73 Å². The average molecular weight is 261 g/mol. The normalized spacial score (nSPS) is 27.9. The maximum Gasteiger partial charge on any atom is 0.282 e. The van der Waals surface area contributed by atoms with E-state index in [1.54, 1.807) is 8.61 Å². The first kappa shape index (κ1) is 13.3. The van der Waals surface area contributed by atoms with Crippen molar-refractivity contribution in [1.82, 2.24) is 8.61 Å². The molecule has 2 heterocycles. The summed E-state index contributed by atoms with van der Waals surface area (Å²) in [6, 6.07) is 0.184. The summed E-state index contributed by atoms with van der Waals surface area (Å²) < 4.78 is 28.2. The van der Waals surface area contributed by atoms with Crippen molar-refractivity contribution in [2.24, 2.45) is 5.73 Å². The first-order chi connectivity index (χ1) is 8.16. The van der Waals surface area contributed by atoms with E-state index < -0.39 is 10.2 Å². The van der Waals surface area contributed by atoms with Gasteiger partial charge in [-0.3, -0.25) is 0 Å². The van der Waals surface area contributed by atoms with Gasteiger partial charge in [0.1, 0.15) is 0 Å². The van der Waals surface area contributed by atoms with E-state index in [1.807, 2.05) is 0 Å². The highest BCUT2D eigenvalue weighted by Gasteiger charge is 2.38. The lowest BCUT2D eigenvalue weighted by Gasteiger charge is -2.28. The molecule has 0 aliphatic carbocycles. The summed E-state index contributed by atoms with van der Waals surface area (Å²) in [5.41, 5.74) is 5.50. The third-order valence-corrected chi connectivity index (χ3v) is 5.84. The van der Waals surface area contributed by atoms with Gasteiger partial charge in [-0.2, -0.15) is 17.0 Å². The zero-order valence-electron chi connectivity index (χ0n) is 10.3. The number of nitrogens with two attached hydrogens (primary N) is 1. The molecule has 0 bridgehead atoms. The van der Waals surface area contributed by atoms with Crippen molar-refractivity contribution < 1.29 is 8.42 Å². The summed E-state index contributed by atoms with van der Waals surface area (Å²) in [4.78, 5) is 0. The Morgan fingerprint density at radius 2 is 1.82 bits per heavy atom. The Balaban J connectivity index is 2.03.